The van der Waals surface area contributed by atoms with E-state index < -0.39 is 0 Å². The minimum Gasteiger partial charge on any atom is -0.490 e. The van der Waals surface area contributed by atoms with E-state index in [0.29, 0.717) is 53.9 Å². The third-order valence-electron chi connectivity index (χ3n) is 5.11. The van der Waals surface area contributed by atoms with Crippen LogP contribution in [0.1, 0.15) is 32.3 Å². The van der Waals surface area contributed by atoms with Crippen molar-refractivity contribution < 1.29 is 18.9 Å². The smallest absolute Gasteiger partial charge is 0.235 e. The largest absolute Gasteiger partial charge is 0.490 e. The number of pyridine rings is 1. The normalized spacial score (nSPS) is 14.7. The van der Waals surface area contributed by atoms with Crippen LogP contribution in [0.4, 0.5) is 5.69 Å². The lowest BCUT2D eigenvalue weighted by molar-refractivity contribution is 0.249. The number of hydrogen-bond acceptors (Lipinski definition) is 7. The molecular formula is C25H25N3O4. The molecule has 0 saturated carbocycles. The van der Waals surface area contributed by atoms with Crippen molar-refractivity contribution in [1.29, 1.82) is 5.26 Å². The number of benzene rings is 1. The van der Waals surface area contributed by atoms with Crippen molar-refractivity contribution in [3.63, 3.8) is 0 Å². The fourth-order valence-electron chi connectivity index (χ4n) is 3.73. The first kappa shape index (κ1) is 21.3. The Labute approximate surface area is 187 Å². The molecule has 32 heavy (non-hydrogen) atoms. The lowest BCUT2D eigenvalue weighted by Gasteiger charge is -2.30. The van der Waals surface area contributed by atoms with Crippen molar-refractivity contribution in [2.45, 2.75) is 26.7 Å². The molecule has 0 fully saturated rings. The zero-order chi connectivity index (χ0) is 22.3. The van der Waals surface area contributed by atoms with Crippen LogP contribution in [-0.4, -0.2) is 24.7 Å². The van der Waals surface area contributed by atoms with Gasteiger partial charge in [0.15, 0.2) is 17.8 Å². The Morgan fingerprint density at radius 3 is 2.62 bits per heavy atom. The summed E-state index contributed by atoms with van der Waals surface area (Å²) in [6, 6.07) is 6.02. The molecule has 2 aliphatic rings. The molecule has 0 saturated heterocycles. The first-order valence-corrected chi connectivity index (χ1v) is 10.7. The summed E-state index contributed by atoms with van der Waals surface area (Å²) in [5.41, 5.74) is 3.02. The highest BCUT2D eigenvalue weighted by molar-refractivity contribution is 5.97. The third-order valence-corrected chi connectivity index (χ3v) is 5.11. The number of ether oxygens (including phenoxy) is 4. The summed E-state index contributed by atoms with van der Waals surface area (Å²) >= 11 is 0. The predicted molar refractivity (Wildman–Crippen MR) is 122 cm³/mol. The van der Waals surface area contributed by atoms with Crippen LogP contribution in [0.3, 0.4) is 0 Å². The predicted octanol–water partition coefficient (Wildman–Crippen LogP) is 5.30. The van der Waals surface area contributed by atoms with Crippen molar-refractivity contribution >= 4 is 16.6 Å². The first-order chi connectivity index (χ1) is 15.7. The highest BCUT2D eigenvalue weighted by Gasteiger charge is 2.24. The highest BCUT2D eigenvalue weighted by atomic mass is 16.5. The number of aromatic nitrogens is 1. The van der Waals surface area contributed by atoms with Crippen LogP contribution in [-0.2, 0) is 9.47 Å². The molecule has 7 nitrogen and oxygen atoms in total. The van der Waals surface area contributed by atoms with Gasteiger partial charge in [0.1, 0.15) is 18.6 Å². The average Bonchev–Trinajstić information content (AvgIpc) is 2.84. The van der Waals surface area contributed by atoms with E-state index in [1.54, 1.807) is 6.20 Å². The number of anilines is 1. The van der Waals surface area contributed by atoms with E-state index in [2.05, 4.69) is 29.3 Å². The van der Waals surface area contributed by atoms with E-state index in [1.807, 2.05) is 30.9 Å². The Morgan fingerprint density at radius 2 is 1.97 bits per heavy atom. The molecule has 0 N–H and O–H groups in total. The van der Waals surface area contributed by atoms with Crippen LogP contribution in [0.15, 0.2) is 66.8 Å². The summed E-state index contributed by atoms with van der Waals surface area (Å²) in [4.78, 5) is 6.47. The second kappa shape index (κ2) is 9.92. The molecule has 0 radical (unpaired) electrons. The van der Waals surface area contributed by atoms with Gasteiger partial charge in [0.05, 0.1) is 30.0 Å². The van der Waals surface area contributed by atoms with E-state index >= 15 is 0 Å². The van der Waals surface area contributed by atoms with E-state index in [-0.39, 0.29) is 0 Å². The molecule has 0 spiro atoms. The van der Waals surface area contributed by atoms with Gasteiger partial charge in [-0.3, -0.25) is 4.98 Å². The lowest BCUT2D eigenvalue weighted by atomic mass is 10.0. The number of fused-ring (bicyclic) bond motifs is 1. The summed E-state index contributed by atoms with van der Waals surface area (Å²) in [5, 5.41) is 10.7. The summed E-state index contributed by atoms with van der Waals surface area (Å²) in [6.45, 7) is 5.38. The van der Waals surface area contributed by atoms with Gasteiger partial charge >= 0.3 is 0 Å². The number of allylic oxidation sites excluding steroid dienone is 3. The summed E-state index contributed by atoms with van der Waals surface area (Å²) in [7, 11) is 0. The Morgan fingerprint density at radius 1 is 1.16 bits per heavy atom. The zero-order valence-electron chi connectivity index (χ0n) is 18.2. The number of nitriles is 1. The topological polar surface area (TPSA) is 76.8 Å². The molecule has 2 heterocycles. The number of hydrogen-bond donors (Lipinski definition) is 0. The van der Waals surface area contributed by atoms with Gasteiger partial charge in [-0.2, -0.15) is 5.26 Å². The third kappa shape index (κ3) is 4.40. The van der Waals surface area contributed by atoms with Crippen LogP contribution in [0.5, 0.6) is 11.5 Å². The van der Waals surface area contributed by atoms with Gasteiger partial charge in [-0.15, -0.1) is 0 Å². The van der Waals surface area contributed by atoms with Gasteiger partial charge in [0.2, 0.25) is 5.88 Å². The molecule has 1 aromatic heterocycles. The van der Waals surface area contributed by atoms with Gasteiger partial charge < -0.3 is 23.8 Å². The van der Waals surface area contributed by atoms with Crippen LogP contribution in [0.25, 0.3) is 10.9 Å². The maximum absolute atomic E-state index is 9.94. The van der Waals surface area contributed by atoms with Crippen LogP contribution in [0, 0.1) is 11.3 Å². The number of nitrogens with zero attached hydrogens (tertiary/aromatic N) is 3. The van der Waals surface area contributed by atoms with Crippen LogP contribution in [0.2, 0.25) is 0 Å². The molecule has 1 aliphatic heterocycles. The highest BCUT2D eigenvalue weighted by Crippen LogP contribution is 2.39. The second-order valence-electron chi connectivity index (χ2n) is 7.17. The molecule has 0 unspecified atom stereocenters. The molecule has 0 bridgehead atoms. The fraction of sp³-hybridized carbons (Fsp3) is 0.280. The maximum Gasteiger partial charge on any atom is 0.235 e. The van der Waals surface area contributed by atoms with Crippen molar-refractivity contribution in [3.8, 4) is 17.6 Å². The van der Waals surface area contributed by atoms with E-state index in [4.69, 9.17) is 18.9 Å². The van der Waals surface area contributed by atoms with Gasteiger partial charge in [0, 0.05) is 24.2 Å². The van der Waals surface area contributed by atoms with Gasteiger partial charge in [0.25, 0.3) is 0 Å². The van der Waals surface area contributed by atoms with Crippen molar-refractivity contribution in [1.82, 2.24) is 4.98 Å². The SMILES string of the molecule is CCOc1cc2ncc(C#N)c(N(CC3=CC=CCC3)C3=COC=CO3)c2cc1OCC. The van der Waals surface area contributed by atoms with Crippen LogP contribution < -0.4 is 14.4 Å². The molecular weight excluding hydrogens is 406 g/mol. The molecule has 2 aromatic rings. The molecule has 0 atom stereocenters. The molecule has 7 heteroatoms. The Kier molecular flexibility index (Phi) is 6.61. The maximum atomic E-state index is 9.94. The monoisotopic (exact) mass is 431 g/mol. The van der Waals surface area contributed by atoms with E-state index in [9.17, 15) is 5.26 Å². The second-order valence-corrected chi connectivity index (χ2v) is 7.17. The summed E-state index contributed by atoms with van der Waals surface area (Å²) < 4.78 is 22.8. The van der Waals surface area contributed by atoms with Gasteiger partial charge in [-0.1, -0.05) is 23.8 Å². The van der Waals surface area contributed by atoms with Gasteiger partial charge in [-0.25, -0.2) is 0 Å². The zero-order valence-corrected chi connectivity index (χ0v) is 18.2. The minimum atomic E-state index is 0.426. The molecule has 0 amide bonds. The Bertz CT molecular complexity index is 1160. The van der Waals surface area contributed by atoms with Crippen molar-refractivity contribution in [3.05, 3.63) is 72.4 Å². The molecule has 1 aromatic carbocycles. The molecule has 4 rings (SSSR count). The first-order valence-electron chi connectivity index (χ1n) is 10.7. The van der Waals surface area contributed by atoms with E-state index in [0.717, 1.165) is 18.2 Å². The van der Waals surface area contributed by atoms with E-state index in [1.165, 1.54) is 24.4 Å². The number of rotatable bonds is 8. The molecule has 1 aliphatic carbocycles. The Hall–Kier alpha value is -3.92. The lowest BCUT2D eigenvalue weighted by Crippen LogP contribution is -2.28. The Balaban J connectivity index is 1.91. The van der Waals surface area contributed by atoms with Gasteiger partial charge in [-0.05, 0) is 32.8 Å². The van der Waals surface area contributed by atoms with Crippen molar-refractivity contribution in [2.75, 3.05) is 24.7 Å². The fourth-order valence-corrected chi connectivity index (χ4v) is 3.73. The average molecular weight is 431 g/mol. The summed E-state index contributed by atoms with van der Waals surface area (Å²) in [5.74, 6) is 1.71. The quantitative estimate of drug-likeness (QED) is 0.561. The minimum absolute atomic E-state index is 0.426. The molecule has 164 valence electrons. The standard InChI is InChI=1S/C25H25N3O4/c1-3-30-22-12-20-21(13-23(22)31-4-2)27-15-19(14-26)25(20)28(24-17-29-10-11-32-24)16-18-8-6-5-7-9-18/h5-6,8,10-13,15,17H,3-4,7,9,16H2,1-2H3. The van der Waals surface area contributed by atoms with Crippen LogP contribution >= 0.6 is 0 Å². The summed E-state index contributed by atoms with van der Waals surface area (Å²) in [6.07, 6.45) is 14.3. The van der Waals surface area contributed by atoms with Crippen molar-refractivity contribution in [2.24, 2.45) is 0 Å².